The molecular formula is C24H28N2O6S. The molecular weight excluding hydrogens is 444 g/mol. The quantitative estimate of drug-likeness (QED) is 0.335. The molecule has 2 N–H and O–H groups in total. The van der Waals surface area contributed by atoms with E-state index in [1.54, 1.807) is 20.4 Å². The highest BCUT2D eigenvalue weighted by Crippen LogP contribution is 2.47. The Morgan fingerprint density at radius 1 is 1.00 bits per heavy atom. The van der Waals surface area contributed by atoms with Gasteiger partial charge in [0.05, 0.1) is 37.9 Å². The van der Waals surface area contributed by atoms with Gasteiger partial charge >= 0.3 is 0 Å². The van der Waals surface area contributed by atoms with E-state index in [1.165, 1.54) is 35.8 Å². The lowest BCUT2D eigenvalue weighted by Gasteiger charge is -2.30. The molecule has 2 aliphatic rings. The fourth-order valence-electron chi connectivity index (χ4n) is 5.34. The molecule has 9 heteroatoms. The predicted molar refractivity (Wildman–Crippen MR) is 128 cm³/mol. The van der Waals surface area contributed by atoms with Gasteiger partial charge in [-0.1, -0.05) is 6.42 Å². The second-order valence-electron chi connectivity index (χ2n) is 8.68. The summed E-state index contributed by atoms with van der Waals surface area (Å²) in [6.07, 6.45) is 9.34. The highest BCUT2D eigenvalue weighted by molar-refractivity contribution is 7.85. The number of nitrogens with one attached hydrogen (secondary N) is 1. The van der Waals surface area contributed by atoms with E-state index >= 15 is 0 Å². The summed E-state index contributed by atoms with van der Waals surface area (Å²) in [6.45, 7) is 0. The highest BCUT2D eigenvalue weighted by atomic mass is 32.2. The molecule has 5 rings (SSSR count). The minimum absolute atomic E-state index is 0.691. The SMILES string of the molecule is COc1cc2c3c(c4ncc(NC=O)cc4c2cc1OC)CC1CCCC1C3.CS(=O)(=O)O. The van der Waals surface area contributed by atoms with Crippen LogP contribution in [-0.2, 0) is 27.8 Å². The lowest BCUT2D eigenvalue weighted by Crippen LogP contribution is -2.21. The molecule has 1 fully saturated rings. The first-order valence-electron chi connectivity index (χ1n) is 10.8. The number of amides is 1. The van der Waals surface area contributed by atoms with Crippen molar-refractivity contribution in [2.75, 3.05) is 25.8 Å². The molecule has 2 aliphatic carbocycles. The standard InChI is InChI=1S/C23H24N2O3.CH4O3S/c1-27-21-9-17-16-6-13-4-3-5-14(13)7-19(16)23-20(18(17)10-22(21)28-2)8-15(11-24-23)25-12-26;1-5(2,3)4/h8-14H,3-7H2,1-2H3,(H,25,26);1H3,(H,2,3,4). The van der Waals surface area contributed by atoms with Crippen molar-refractivity contribution in [1.82, 2.24) is 4.98 Å². The van der Waals surface area contributed by atoms with Crippen LogP contribution in [-0.4, -0.2) is 44.8 Å². The molecule has 2 unspecified atom stereocenters. The first kappa shape index (κ1) is 23.3. The number of rotatable bonds is 4. The number of anilines is 1. The van der Waals surface area contributed by atoms with Gasteiger partial charge in [-0.3, -0.25) is 14.3 Å². The molecule has 176 valence electrons. The van der Waals surface area contributed by atoms with E-state index in [1.807, 2.05) is 12.1 Å². The smallest absolute Gasteiger partial charge is 0.261 e. The number of ether oxygens (including phenoxy) is 2. The molecule has 1 saturated carbocycles. The van der Waals surface area contributed by atoms with Gasteiger partial charge in [0.1, 0.15) is 0 Å². The van der Waals surface area contributed by atoms with Gasteiger partial charge in [0.25, 0.3) is 10.1 Å². The topological polar surface area (TPSA) is 115 Å². The second kappa shape index (κ2) is 9.15. The molecule has 0 radical (unpaired) electrons. The zero-order valence-electron chi connectivity index (χ0n) is 18.9. The molecule has 0 saturated heterocycles. The molecule has 0 bridgehead atoms. The Morgan fingerprint density at radius 2 is 1.58 bits per heavy atom. The lowest BCUT2D eigenvalue weighted by molar-refractivity contribution is -0.105. The van der Waals surface area contributed by atoms with Crippen molar-refractivity contribution in [1.29, 1.82) is 0 Å². The van der Waals surface area contributed by atoms with Gasteiger partial charge in [0.2, 0.25) is 6.41 Å². The number of fused-ring (bicyclic) bond motifs is 7. The van der Waals surface area contributed by atoms with Crippen LogP contribution in [0.2, 0.25) is 0 Å². The third-order valence-corrected chi connectivity index (χ3v) is 6.65. The number of hydrogen-bond acceptors (Lipinski definition) is 6. The van der Waals surface area contributed by atoms with Crippen LogP contribution in [0.1, 0.15) is 30.4 Å². The van der Waals surface area contributed by atoms with Gasteiger partial charge < -0.3 is 14.8 Å². The maximum atomic E-state index is 10.9. The number of carbonyl (C=O) groups excluding carboxylic acids is 1. The van der Waals surface area contributed by atoms with Crippen molar-refractivity contribution < 1.29 is 27.2 Å². The summed E-state index contributed by atoms with van der Waals surface area (Å²) in [4.78, 5) is 15.7. The summed E-state index contributed by atoms with van der Waals surface area (Å²) in [7, 11) is -0.330. The number of hydrogen-bond donors (Lipinski definition) is 2. The molecule has 1 aromatic heterocycles. The minimum Gasteiger partial charge on any atom is -0.493 e. The molecule has 33 heavy (non-hydrogen) atoms. The van der Waals surface area contributed by atoms with Crippen molar-refractivity contribution >= 4 is 43.9 Å². The van der Waals surface area contributed by atoms with Gasteiger partial charge in [0.15, 0.2) is 11.5 Å². The zero-order valence-corrected chi connectivity index (χ0v) is 19.7. The molecule has 3 aromatic rings. The van der Waals surface area contributed by atoms with Crippen LogP contribution in [0.5, 0.6) is 11.5 Å². The maximum absolute atomic E-state index is 10.9. The van der Waals surface area contributed by atoms with Crippen LogP contribution in [0.3, 0.4) is 0 Å². The Labute approximate surface area is 193 Å². The zero-order chi connectivity index (χ0) is 23.8. The number of benzene rings is 2. The predicted octanol–water partition coefficient (Wildman–Crippen LogP) is 3.99. The fraction of sp³-hybridized carbons (Fsp3) is 0.417. The van der Waals surface area contributed by atoms with Gasteiger partial charge in [0, 0.05) is 5.39 Å². The Bertz CT molecular complexity index is 1310. The van der Waals surface area contributed by atoms with E-state index in [9.17, 15) is 13.2 Å². The van der Waals surface area contributed by atoms with Crippen LogP contribution in [0.15, 0.2) is 24.4 Å². The molecule has 0 spiro atoms. The maximum Gasteiger partial charge on any atom is 0.261 e. The molecule has 2 aromatic carbocycles. The van der Waals surface area contributed by atoms with Gasteiger partial charge in [-0.2, -0.15) is 8.42 Å². The van der Waals surface area contributed by atoms with E-state index in [2.05, 4.69) is 11.4 Å². The van der Waals surface area contributed by atoms with Crippen LogP contribution in [0.4, 0.5) is 5.69 Å². The number of pyridine rings is 1. The number of carbonyl (C=O) groups is 1. The Balaban J connectivity index is 0.000000471. The van der Waals surface area contributed by atoms with Crippen molar-refractivity contribution in [3.8, 4) is 11.5 Å². The fourth-order valence-corrected chi connectivity index (χ4v) is 5.34. The van der Waals surface area contributed by atoms with Crippen LogP contribution in [0, 0.1) is 11.8 Å². The molecule has 1 amide bonds. The van der Waals surface area contributed by atoms with Crippen molar-refractivity contribution in [3.63, 3.8) is 0 Å². The van der Waals surface area contributed by atoms with E-state index in [0.717, 1.165) is 46.7 Å². The number of nitrogens with zero attached hydrogens (tertiary/aromatic N) is 1. The van der Waals surface area contributed by atoms with Crippen molar-refractivity contribution in [2.45, 2.75) is 32.1 Å². The van der Waals surface area contributed by atoms with E-state index < -0.39 is 10.1 Å². The van der Waals surface area contributed by atoms with Gasteiger partial charge in [-0.25, -0.2) is 0 Å². The lowest BCUT2D eigenvalue weighted by atomic mass is 9.75. The molecule has 8 nitrogen and oxygen atoms in total. The van der Waals surface area contributed by atoms with E-state index in [-0.39, 0.29) is 0 Å². The summed E-state index contributed by atoms with van der Waals surface area (Å²) in [5.74, 6) is 3.00. The Kier molecular flexibility index (Phi) is 6.45. The first-order valence-corrected chi connectivity index (χ1v) is 12.7. The van der Waals surface area contributed by atoms with E-state index in [0.29, 0.717) is 24.1 Å². The van der Waals surface area contributed by atoms with Crippen molar-refractivity contribution in [2.24, 2.45) is 11.8 Å². The largest absolute Gasteiger partial charge is 0.493 e. The monoisotopic (exact) mass is 472 g/mol. The van der Waals surface area contributed by atoms with Crippen LogP contribution in [0.25, 0.3) is 21.7 Å². The average Bonchev–Trinajstić information content (AvgIpc) is 3.23. The third-order valence-electron chi connectivity index (χ3n) is 6.65. The number of aromatic nitrogens is 1. The van der Waals surface area contributed by atoms with Crippen LogP contribution >= 0.6 is 0 Å². The van der Waals surface area contributed by atoms with Crippen LogP contribution < -0.4 is 14.8 Å². The molecule has 0 aliphatic heterocycles. The van der Waals surface area contributed by atoms with Gasteiger partial charge in [-0.05, 0) is 77.6 Å². The summed E-state index contributed by atoms with van der Waals surface area (Å²) in [5.41, 5.74) is 4.54. The average molecular weight is 473 g/mol. The first-order chi connectivity index (χ1) is 15.7. The Morgan fingerprint density at radius 3 is 2.15 bits per heavy atom. The normalized spacial score (nSPS) is 19.3. The molecule has 1 heterocycles. The summed E-state index contributed by atoms with van der Waals surface area (Å²) >= 11 is 0. The molecule has 2 atom stereocenters. The van der Waals surface area contributed by atoms with E-state index in [4.69, 9.17) is 19.0 Å². The third kappa shape index (κ3) is 4.74. The van der Waals surface area contributed by atoms with Gasteiger partial charge in [-0.15, -0.1) is 0 Å². The van der Waals surface area contributed by atoms with Crippen molar-refractivity contribution in [3.05, 3.63) is 35.5 Å². The summed E-state index contributed by atoms with van der Waals surface area (Å²) in [5, 5.41) is 6.11. The summed E-state index contributed by atoms with van der Waals surface area (Å²) < 4.78 is 37.0. The minimum atomic E-state index is -3.67. The summed E-state index contributed by atoms with van der Waals surface area (Å²) in [6, 6.07) is 6.18. The second-order valence-corrected chi connectivity index (χ2v) is 10.2. The number of methoxy groups -OCH3 is 2. The highest BCUT2D eigenvalue weighted by Gasteiger charge is 2.34. The Hall–Kier alpha value is -2.91.